The molecule has 0 amide bonds. The van der Waals surface area contributed by atoms with Gasteiger partial charge in [-0.3, -0.25) is 0 Å². The molecule has 0 saturated carbocycles. The zero-order chi connectivity index (χ0) is 52.4. The van der Waals surface area contributed by atoms with Crippen LogP contribution < -0.4 is 0 Å². The largest absolute Gasteiger partial charge is 0.456 e. The molecule has 2 nitrogen and oxygen atoms in total. The normalized spacial score (nSPS) is 12.0. The molecule has 0 saturated heterocycles. The van der Waals surface area contributed by atoms with Crippen LogP contribution in [0.3, 0.4) is 0 Å². The maximum Gasteiger partial charge on any atom is 0.136 e. The zero-order valence-corrected chi connectivity index (χ0v) is 43.5. The highest BCUT2D eigenvalue weighted by Crippen LogP contribution is 2.47. The van der Waals surface area contributed by atoms with E-state index >= 15 is 0 Å². The second kappa shape index (κ2) is 17.5. The molecule has 0 fully saturated rings. The topological polar surface area (TPSA) is 18.1 Å². The Morgan fingerprint density at radius 2 is 0.588 bits per heavy atom. The summed E-state index contributed by atoms with van der Waals surface area (Å²) in [6.45, 7) is 0. The Bertz CT molecular complexity index is 5370. The van der Waals surface area contributed by atoms with Crippen molar-refractivity contribution in [3.8, 4) is 61.3 Å². The van der Waals surface area contributed by atoms with E-state index in [9.17, 15) is 0 Å². The van der Waals surface area contributed by atoms with Gasteiger partial charge in [-0.25, -0.2) is 0 Å². The van der Waals surface area contributed by atoms with Gasteiger partial charge in [-0.05, 0) is 181 Å². The van der Waals surface area contributed by atoms with Crippen molar-refractivity contribution in [2.24, 2.45) is 0 Å². The molecule has 15 aromatic carbocycles. The summed E-state index contributed by atoms with van der Waals surface area (Å²) in [4.78, 5) is 0. The highest BCUT2D eigenvalue weighted by Gasteiger charge is 2.21. The molecular formula is C78H47NO. The molecular weight excluding hydrogens is 967 g/mol. The Morgan fingerprint density at radius 3 is 1.24 bits per heavy atom. The number of hydrogen-bond donors (Lipinski definition) is 0. The summed E-state index contributed by atoms with van der Waals surface area (Å²) in [6.07, 6.45) is 0. The molecule has 0 atom stereocenters. The summed E-state index contributed by atoms with van der Waals surface area (Å²) in [5.74, 6) is 0. The summed E-state index contributed by atoms with van der Waals surface area (Å²) < 4.78 is 8.75. The monoisotopic (exact) mass is 1010 g/mol. The van der Waals surface area contributed by atoms with Crippen molar-refractivity contribution in [2.75, 3.05) is 0 Å². The number of aromatic nitrogens is 1. The molecule has 2 aromatic heterocycles. The third-order valence-corrected chi connectivity index (χ3v) is 17.2. The van der Waals surface area contributed by atoms with Crippen LogP contribution in [0.25, 0.3) is 170 Å². The Labute approximate surface area is 461 Å². The van der Waals surface area contributed by atoms with E-state index in [4.69, 9.17) is 4.42 Å². The van der Waals surface area contributed by atoms with Gasteiger partial charge in [0.1, 0.15) is 11.2 Å². The van der Waals surface area contributed by atoms with E-state index in [1.165, 1.54) is 131 Å². The van der Waals surface area contributed by atoms with Gasteiger partial charge in [0.2, 0.25) is 0 Å². The van der Waals surface area contributed by atoms with Crippen LogP contribution in [0.15, 0.2) is 290 Å². The summed E-state index contributed by atoms with van der Waals surface area (Å²) in [6, 6.07) is 105. The van der Waals surface area contributed by atoms with E-state index in [1.54, 1.807) is 0 Å². The summed E-state index contributed by atoms with van der Waals surface area (Å²) in [5, 5.41) is 19.9. The Kier molecular flexibility index (Phi) is 9.75. The number of rotatable bonds is 6. The number of furan rings is 1. The Morgan fingerprint density at radius 1 is 0.200 bits per heavy atom. The van der Waals surface area contributed by atoms with Gasteiger partial charge in [0.05, 0.1) is 11.0 Å². The number of hydrogen-bond acceptors (Lipinski definition) is 1. The van der Waals surface area contributed by atoms with Crippen LogP contribution in [0.4, 0.5) is 0 Å². The van der Waals surface area contributed by atoms with Gasteiger partial charge in [-0.1, -0.05) is 224 Å². The molecule has 2 heterocycles. The summed E-state index contributed by atoms with van der Waals surface area (Å²) in [7, 11) is 0. The standard InChI is InChI=1S/C78H47NO/c1-2-22-57-55(21-1)56-23-7-8-29-66(56)77-67(57)31-15-32-68(77)58-24-3-4-25-59(58)69-33-16-35-74-78(69)70-30-9-11-34-73(70)79(74)54-20-14-19-50(44-54)52-38-41-63-62-40-37-51(45-71(62)60-26-5-6-27-61(60)72(63)46-52)48-17-13-18-49(43-48)53-39-42-65-64-28-10-12-36-75(64)80-76(65)47-53/h1-47H. The van der Waals surface area contributed by atoms with Crippen molar-refractivity contribution in [3.63, 3.8) is 0 Å². The first-order valence-corrected chi connectivity index (χ1v) is 27.6. The van der Waals surface area contributed by atoms with Gasteiger partial charge in [0, 0.05) is 27.2 Å². The molecule has 370 valence electrons. The molecule has 0 aliphatic heterocycles. The third kappa shape index (κ3) is 6.73. The first kappa shape index (κ1) is 44.6. The van der Waals surface area contributed by atoms with E-state index in [0.29, 0.717) is 0 Å². The fourth-order valence-electron chi connectivity index (χ4n) is 13.6. The molecule has 0 aliphatic carbocycles. The minimum Gasteiger partial charge on any atom is -0.456 e. The van der Waals surface area contributed by atoms with Crippen molar-refractivity contribution in [3.05, 3.63) is 285 Å². The number of nitrogens with zero attached hydrogens (tertiary/aromatic N) is 1. The molecule has 0 aliphatic rings. The van der Waals surface area contributed by atoms with Gasteiger partial charge in [0.15, 0.2) is 0 Å². The lowest BCUT2D eigenvalue weighted by molar-refractivity contribution is 0.669. The molecule has 0 N–H and O–H groups in total. The van der Waals surface area contributed by atoms with Crippen LogP contribution >= 0.6 is 0 Å². The minimum absolute atomic E-state index is 0.908. The second-order valence-electron chi connectivity index (χ2n) is 21.4. The van der Waals surface area contributed by atoms with Crippen LogP contribution in [-0.4, -0.2) is 4.57 Å². The summed E-state index contributed by atoms with van der Waals surface area (Å²) in [5.41, 5.74) is 17.2. The smallest absolute Gasteiger partial charge is 0.136 e. The Balaban J connectivity index is 0.770. The molecule has 17 rings (SSSR count). The first-order chi connectivity index (χ1) is 39.7. The zero-order valence-electron chi connectivity index (χ0n) is 43.5. The van der Waals surface area contributed by atoms with Crippen molar-refractivity contribution in [1.29, 1.82) is 0 Å². The van der Waals surface area contributed by atoms with Gasteiger partial charge in [-0.15, -0.1) is 0 Å². The number of fused-ring (bicyclic) bond motifs is 18. The van der Waals surface area contributed by atoms with Gasteiger partial charge >= 0.3 is 0 Å². The van der Waals surface area contributed by atoms with Crippen molar-refractivity contribution < 1.29 is 4.42 Å². The lowest BCUT2D eigenvalue weighted by Crippen LogP contribution is -1.95. The first-order valence-electron chi connectivity index (χ1n) is 27.6. The maximum atomic E-state index is 6.29. The minimum atomic E-state index is 0.908. The fraction of sp³-hybridized carbons (Fsp3) is 0. The van der Waals surface area contributed by atoms with Crippen LogP contribution in [-0.2, 0) is 0 Å². The maximum absolute atomic E-state index is 6.29. The number of benzene rings is 15. The fourth-order valence-corrected chi connectivity index (χ4v) is 13.6. The van der Waals surface area contributed by atoms with Crippen LogP contribution in [0.2, 0.25) is 0 Å². The van der Waals surface area contributed by atoms with Gasteiger partial charge < -0.3 is 8.98 Å². The van der Waals surface area contributed by atoms with E-state index in [0.717, 1.165) is 38.8 Å². The summed E-state index contributed by atoms with van der Waals surface area (Å²) >= 11 is 0. The SMILES string of the molecule is c1cc(-c2ccc3c(c2)oc2ccccc23)cc(-c2ccc3c4ccc(-c5cccc(-n6c7ccccc7c7c(-c8ccccc8-c8cccc9c%10ccccc%10c%10ccccc%10c89)cccc76)c5)cc4c4ccccc4c3c2)c1. The highest BCUT2D eigenvalue weighted by atomic mass is 16.3. The van der Waals surface area contributed by atoms with Crippen molar-refractivity contribution in [1.82, 2.24) is 4.57 Å². The van der Waals surface area contributed by atoms with E-state index in [2.05, 4.69) is 278 Å². The highest BCUT2D eigenvalue weighted by molar-refractivity contribution is 6.30. The third-order valence-electron chi connectivity index (χ3n) is 17.2. The predicted molar refractivity (Wildman–Crippen MR) is 340 cm³/mol. The van der Waals surface area contributed by atoms with Crippen LogP contribution in [0.5, 0.6) is 0 Å². The van der Waals surface area contributed by atoms with Crippen LogP contribution in [0.1, 0.15) is 0 Å². The molecule has 0 radical (unpaired) electrons. The van der Waals surface area contributed by atoms with Gasteiger partial charge in [-0.2, -0.15) is 0 Å². The van der Waals surface area contributed by atoms with E-state index < -0.39 is 0 Å². The molecule has 0 spiro atoms. The molecule has 2 heteroatoms. The molecule has 80 heavy (non-hydrogen) atoms. The predicted octanol–water partition coefficient (Wildman–Crippen LogP) is 21.9. The quantitative estimate of drug-likeness (QED) is 0.152. The lowest BCUT2D eigenvalue weighted by atomic mass is 9.86. The average Bonchev–Trinajstić information content (AvgIpc) is 4.21. The Hall–Kier alpha value is -10.5. The van der Waals surface area contributed by atoms with Crippen molar-refractivity contribution >= 4 is 108 Å². The molecule has 0 unspecified atom stereocenters. The van der Waals surface area contributed by atoms with Gasteiger partial charge in [0.25, 0.3) is 0 Å². The average molecular weight is 1010 g/mol. The van der Waals surface area contributed by atoms with E-state index in [-0.39, 0.29) is 0 Å². The van der Waals surface area contributed by atoms with Crippen LogP contribution in [0, 0.1) is 0 Å². The second-order valence-corrected chi connectivity index (χ2v) is 21.4. The van der Waals surface area contributed by atoms with Crippen molar-refractivity contribution in [2.45, 2.75) is 0 Å². The molecule has 0 bridgehead atoms. The lowest BCUT2D eigenvalue weighted by Gasteiger charge is -2.17. The van der Waals surface area contributed by atoms with E-state index in [1.807, 2.05) is 12.1 Å². The number of para-hydroxylation sites is 2. The molecule has 17 aromatic rings.